The highest BCUT2D eigenvalue weighted by Gasteiger charge is 2.25. The average molecular weight is 377 g/mol. The van der Waals surface area contributed by atoms with Crippen LogP contribution >= 0.6 is 0 Å². The molecular formula is C27H52. The van der Waals surface area contributed by atoms with Crippen LogP contribution in [0, 0.1) is 23.7 Å². The van der Waals surface area contributed by atoms with Gasteiger partial charge in [0.25, 0.3) is 0 Å². The lowest BCUT2D eigenvalue weighted by molar-refractivity contribution is 0.185. The molecule has 0 aromatic heterocycles. The van der Waals surface area contributed by atoms with E-state index >= 15 is 0 Å². The molecule has 0 aromatic carbocycles. The van der Waals surface area contributed by atoms with Gasteiger partial charge in [0.1, 0.15) is 0 Å². The molecule has 0 radical (unpaired) electrons. The van der Waals surface area contributed by atoms with E-state index in [1.807, 2.05) is 6.92 Å². The molecule has 0 heteroatoms. The van der Waals surface area contributed by atoms with Crippen LogP contribution in [0.1, 0.15) is 125 Å². The molecular weight excluding hydrogens is 324 g/mol. The molecule has 160 valence electrons. The monoisotopic (exact) mass is 376 g/mol. The van der Waals surface area contributed by atoms with Gasteiger partial charge in [-0.25, -0.2) is 0 Å². The molecule has 1 aliphatic rings. The van der Waals surface area contributed by atoms with E-state index in [-0.39, 0.29) is 0 Å². The predicted octanol–water partition coefficient (Wildman–Crippen LogP) is 9.75. The smallest absolute Gasteiger partial charge is 0.0320 e. The number of rotatable bonds is 13. The Balaban J connectivity index is 0.00000210. The van der Waals surface area contributed by atoms with Gasteiger partial charge in [-0.15, -0.1) is 6.58 Å². The highest BCUT2D eigenvalue weighted by molar-refractivity contribution is 4.94. The lowest BCUT2D eigenvalue weighted by atomic mass is 9.73. The maximum Gasteiger partial charge on any atom is -0.0320 e. The zero-order valence-corrected chi connectivity index (χ0v) is 19.7. The van der Waals surface area contributed by atoms with Crippen LogP contribution in [0.3, 0.4) is 0 Å². The van der Waals surface area contributed by atoms with Crippen molar-refractivity contribution in [2.75, 3.05) is 0 Å². The second kappa shape index (κ2) is 17.6. The molecule has 4 atom stereocenters. The van der Waals surface area contributed by atoms with E-state index in [0.717, 1.165) is 23.7 Å². The first-order chi connectivity index (χ1) is 13.0. The van der Waals surface area contributed by atoms with Crippen LogP contribution in [-0.2, 0) is 0 Å². The fraction of sp³-hybridized carbons (Fsp3) is 0.852. The van der Waals surface area contributed by atoms with Crippen molar-refractivity contribution in [1.82, 2.24) is 0 Å². The Kier molecular flexibility index (Phi) is 17.2. The van der Waals surface area contributed by atoms with E-state index < -0.39 is 0 Å². The highest BCUT2D eigenvalue weighted by Crippen LogP contribution is 2.38. The molecule has 1 saturated carbocycles. The minimum atomic E-state index is 0.885. The van der Waals surface area contributed by atoms with Crippen LogP contribution in [0.2, 0.25) is 0 Å². The van der Waals surface area contributed by atoms with Gasteiger partial charge >= 0.3 is 0 Å². The normalized spacial score (nSPS) is 21.7. The van der Waals surface area contributed by atoms with E-state index in [1.54, 1.807) is 6.08 Å². The molecule has 0 amide bonds. The summed E-state index contributed by atoms with van der Waals surface area (Å²) in [6, 6.07) is 0. The van der Waals surface area contributed by atoms with Gasteiger partial charge < -0.3 is 0 Å². The van der Waals surface area contributed by atoms with Crippen molar-refractivity contribution in [1.29, 1.82) is 0 Å². The largest absolute Gasteiger partial charge is 0.103 e. The third kappa shape index (κ3) is 14.2. The number of allylic oxidation sites excluding steroid dienone is 2. The van der Waals surface area contributed by atoms with Crippen LogP contribution in [0.15, 0.2) is 24.8 Å². The Morgan fingerprint density at radius 1 is 0.926 bits per heavy atom. The molecule has 0 heterocycles. The van der Waals surface area contributed by atoms with Crippen LogP contribution in [0.4, 0.5) is 0 Å². The second-order valence-electron chi connectivity index (χ2n) is 9.42. The van der Waals surface area contributed by atoms with Crippen molar-refractivity contribution < 1.29 is 0 Å². The van der Waals surface area contributed by atoms with Gasteiger partial charge in [-0.2, -0.15) is 0 Å². The number of unbranched alkanes of at least 4 members (excludes halogenated alkanes) is 1. The van der Waals surface area contributed by atoms with Crippen molar-refractivity contribution in [2.24, 2.45) is 23.7 Å². The summed E-state index contributed by atoms with van der Waals surface area (Å²) >= 11 is 0. The summed E-state index contributed by atoms with van der Waals surface area (Å²) in [5, 5.41) is 0. The lowest BCUT2D eigenvalue weighted by Crippen LogP contribution is -2.21. The van der Waals surface area contributed by atoms with Gasteiger partial charge in [0.05, 0.1) is 0 Å². The average Bonchev–Trinajstić information content (AvgIpc) is 2.65. The van der Waals surface area contributed by atoms with Gasteiger partial charge in [-0.1, -0.05) is 104 Å². The zero-order chi connectivity index (χ0) is 20.5. The van der Waals surface area contributed by atoms with Crippen LogP contribution in [0.25, 0.3) is 0 Å². The minimum Gasteiger partial charge on any atom is -0.103 e. The fourth-order valence-corrected chi connectivity index (χ4v) is 4.70. The van der Waals surface area contributed by atoms with E-state index in [0.29, 0.717) is 0 Å². The summed E-state index contributed by atoms with van der Waals surface area (Å²) in [4.78, 5) is 0. The predicted molar refractivity (Wildman–Crippen MR) is 126 cm³/mol. The van der Waals surface area contributed by atoms with Crippen LogP contribution in [-0.4, -0.2) is 0 Å². The first kappa shape index (κ1) is 26.5. The quantitative estimate of drug-likeness (QED) is 0.280. The van der Waals surface area contributed by atoms with E-state index in [2.05, 4.69) is 40.9 Å². The molecule has 0 saturated heterocycles. The van der Waals surface area contributed by atoms with Crippen LogP contribution in [0.5, 0.6) is 0 Å². The highest BCUT2D eigenvalue weighted by atomic mass is 14.3. The third-order valence-corrected chi connectivity index (χ3v) is 6.46. The molecule has 0 nitrogen and oxygen atoms in total. The number of hydrogen-bond donors (Lipinski definition) is 0. The van der Waals surface area contributed by atoms with Crippen molar-refractivity contribution in [3.8, 4) is 0 Å². The topological polar surface area (TPSA) is 0 Å². The molecule has 0 aliphatic heterocycles. The molecule has 1 fully saturated rings. The molecule has 0 bridgehead atoms. The Hall–Kier alpha value is -0.520. The summed E-state index contributed by atoms with van der Waals surface area (Å²) in [5.74, 6) is 3.84. The molecule has 0 N–H and O–H groups in total. The summed E-state index contributed by atoms with van der Waals surface area (Å²) in [6.07, 6.45) is 21.5. The maximum atomic E-state index is 4.37. The Morgan fingerprint density at radius 3 is 2.04 bits per heavy atom. The van der Waals surface area contributed by atoms with Gasteiger partial charge in [0.15, 0.2) is 0 Å². The molecule has 27 heavy (non-hydrogen) atoms. The Bertz CT molecular complexity index is 351. The molecule has 1 rings (SSSR count). The van der Waals surface area contributed by atoms with Crippen molar-refractivity contribution in [3.63, 3.8) is 0 Å². The van der Waals surface area contributed by atoms with Crippen molar-refractivity contribution in [3.05, 3.63) is 24.8 Å². The minimum absolute atomic E-state index is 0.885. The second-order valence-corrected chi connectivity index (χ2v) is 9.42. The van der Waals surface area contributed by atoms with Gasteiger partial charge in [0.2, 0.25) is 0 Å². The molecule has 0 spiro atoms. The molecule has 4 unspecified atom stereocenters. The summed E-state index contributed by atoms with van der Waals surface area (Å²) in [6.45, 7) is 19.2. The van der Waals surface area contributed by atoms with Gasteiger partial charge in [-0.3, -0.25) is 0 Å². The first-order valence-corrected chi connectivity index (χ1v) is 12.2. The summed E-state index contributed by atoms with van der Waals surface area (Å²) < 4.78 is 0. The van der Waals surface area contributed by atoms with Crippen molar-refractivity contribution >= 4 is 0 Å². The third-order valence-electron chi connectivity index (χ3n) is 6.46. The van der Waals surface area contributed by atoms with Crippen LogP contribution < -0.4 is 0 Å². The Morgan fingerprint density at radius 2 is 1.48 bits per heavy atom. The lowest BCUT2D eigenvalue weighted by Gasteiger charge is -2.33. The maximum absolute atomic E-state index is 4.37. The summed E-state index contributed by atoms with van der Waals surface area (Å²) in [5.41, 5.74) is 1.51. The van der Waals surface area contributed by atoms with E-state index in [9.17, 15) is 0 Å². The van der Waals surface area contributed by atoms with Gasteiger partial charge in [-0.05, 0) is 62.7 Å². The zero-order valence-electron chi connectivity index (χ0n) is 19.7. The molecule has 0 aromatic rings. The SMILES string of the molecule is C=C(CCC(C)CCCC)CCC(C)CC1CCCCC1CCC.C=CC. The summed E-state index contributed by atoms with van der Waals surface area (Å²) in [7, 11) is 0. The van der Waals surface area contributed by atoms with E-state index in [1.165, 1.54) is 95.5 Å². The van der Waals surface area contributed by atoms with Gasteiger partial charge in [0, 0.05) is 0 Å². The Labute approximate surface area is 173 Å². The first-order valence-electron chi connectivity index (χ1n) is 12.2. The standard InChI is InChI=1S/C24H46.C3H6/c1-6-8-12-20(3)15-16-21(4)17-18-22(5)19-24-14-10-9-13-23(24)11-7-2;1-3-2/h20,22-24H,4,6-19H2,1-3,5H3;3H,1H2,2H3. The fourth-order valence-electron chi connectivity index (χ4n) is 4.70. The molecule has 1 aliphatic carbocycles. The van der Waals surface area contributed by atoms with E-state index in [4.69, 9.17) is 0 Å². The number of hydrogen-bond acceptors (Lipinski definition) is 0. The van der Waals surface area contributed by atoms with Crippen molar-refractivity contribution in [2.45, 2.75) is 125 Å².